The third-order valence-corrected chi connectivity index (χ3v) is 4.23. The molecule has 0 bridgehead atoms. The maximum Gasteiger partial charge on any atom is 0.332 e. The van der Waals surface area contributed by atoms with E-state index in [-0.39, 0.29) is 18.0 Å². The number of Topliss-reactive ketones (excluding diaryl/α,β-unsaturated/α-hetero) is 2. The highest BCUT2D eigenvalue weighted by molar-refractivity contribution is 6.15. The summed E-state index contributed by atoms with van der Waals surface area (Å²) in [6.45, 7) is 5.46. The second kappa shape index (κ2) is 6.62. The summed E-state index contributed by atoms with van der Waals surface area (Å²) >= 11 is 0. The molecular formula is C18H22O5. The number of aliphatic carboxylic acids is 1. The van der Waals surface area contributed by atoms with Crippen LogP contribution in [0.1, 0.15) is 56.0 Å². The van der Waals surface area contributed by atoms with Crippen molar-refractivity contribution in [2.75, 3.05) is 0 Å². The number of hydrogen-bond acceptors (Lipinski definition) is 4. The van der Waals surface area contributed by atoms with Crippen molar-refractivity contribution < 1.29 is 24.2 Å². The van der Waals surface area contributed by atoms with Crippen LogP contribution in [0.2, 0.25) is 0 Å². The second-order valence-electron chi connectivity index (χ2n) is 6.43. The predicted molar refractivity (Wildman–Crippen MR) is 84.3 cm³/mol. The molecule has 5 nitrogen and oxygen atoms in total. The molecule has 0 radical (unpaired) electrons. The number of carboxylic acid groups (broad SMARTS) is 1. The van der Waals surface area contributed by atoms with Gasteiger partial charge in [0.2, 0.25) is 0 Å². The summed E-state index contributed by atoms with van der Waals surface area (Å²) in [4.78, 5) is 36.1. The molecule has 1 aromatic carbocycles. The third-order valence-electron chi connectivity index (χ3n) is 4.23. The zero-order chi connectivity index (χ0) is 17.2. The van der Waals surface area contributed by atoms with E-state index in [1.807, 2.05) is 13.8 Å². The topological polar surface area (TPSA) is 80.7 Å². The average Bonchev–Trinajstić information content (AvgIpc) is 2.49. The highest BCUT2D eigenvalue weighted by Crippen LogP contribution is 2.41. The monoisotopic (exact) mass is 318 g/mol. The van der Waals surface area contributed by atoms with Gasteiger partial charge in [0.15, 0.2) is 23.3 Å². The lowest BCUT2D eigenvalue weighted by atomic mass is 9.74. The van der Waals surface area contributed by atoms with E-state index in [0.29, 0.717) is 29.9 Å². The van der Waals surface area contributed by atoms with Crippen LogP contribution in [0.15, 0.2) is 24.3 Å². The van der Waals surface area contributed by atoms with E-state index >= 15 is 0 Å². The molecule has 0 heterocycles. The van der Waals surface area contributed by atoms with Crippen LogP contribution < -0.4 is 0 Å². The number of ether oxygens (including phenoxy) is 1. The van der Waals surface area contributed by atoms with E-state index in [0.717, 1.165) is 0 Å². The summed E-state index contributed by atoms with van der Waals surface area (Å²) in [5, 5.41) is 9.19. The van der Waals surface area contributed by atoms with Crippen molar-refractivity contribution in [3.63, 3.8) is 0 Å². The van der Waals surface area contributed by atoms with Gasteiger partial charge in [-0.05, 0) is 25.7 Å². The molecule has 2 atom stereocenters. The molecule has 0 fully saturated rings. The second-order valence-corrected chi connectivity index (χ2v) is 6.43. The van der Waals surface area contributed by atoms with E-state index < -0.39 is 17.7 Å². The molecule has 2 unspecified atom stereocenters. The van der Waals surface area contributed by atoms with Gasteiger partial charge in [-0.1, -0.05) is 38.1 Å². The quantitative estimate of drug-likeness (QED) is 0.816. The van der Waals surface area contributed by atoms with Crippen molar-refractivity contribution in [2.45, 2.75) is 51.7 Å². The summed E-state index contributed by atoms with van der Waals surface area (Å²) in [6.07, 6.45) is -0.319. The van der Waals surface area contributed by atoms with Gasteiger partial charge in [0.25, 0.3) is 0 Å². The summed E-state index contributed by atoms with van der Waals surface area (Å²) in [7, 11) is 0. The molecule has 1 aromatic rings. The minimum absolute atomic E-state index is 0.239. The Hall–Kier alpha value is -2.01. The van der Waals surface area contributed by atoms with Gasteiger partial charge < -0.3 is 9.84 Å². The van der Waals surface area contributed by atoms with E-state index in [9.17, 15) is 19.5 Å². The number of carbonyl (C=O) groups is 3. The van der Waals surface area contributed by atoms with Crippen molar-refractivity contribution in [3.05, 3.63) is 35.4 Å². The molecule has 0 saturated carbocycles. The lowest BCUT2D eigenvalue weighted by Gasteiger charge is -2.38. The molecule has 5 heteroatoms. The van der Waals surface area contributed by atoms with Gasteiger partial charge in [0, 0.05) is 11.1 Å². The van der Waals surface area contributed by atoms with Gasteiger partial charge in [-0.25, -0.2) is 4.79 Å². The molecule has 0 saturated heterocycles. The molecule has 0 aromatic heterocycles. The molecular weight excluding hydrogens is 296 g/mol. The Balaban J connectivity index is 2.54. The Morgan fingerprint density at radius 3 is 2.52 bits per heavy atom. The van der Waals surface area contributed by atoms with Crippen LogP contribution in [0, 0.1) is 5.92 Å². The highest BCUT2D eigenvalue weighted by Gasteiger charge is 2.48. The minimum atomic E-state index is -1.35. The number of benzene rings is 1. The van der Waals surface area contributed by atoms with E-state index in [1.165, 1.54) is 6.92 Å². The average molecular weight is 318 g/mol. The number of carbonyl (C=O) groups excluding carboxylic acids is 2. The molecule has 1 aliphatic carbocycles. The Morgan fingerprint density at radius 1 is 1.26 bits per heavy atom. The number of rotatable bonds is 6. The van der Waals surface area contributed by atoms with Gasteiger partial charge in [-0.3, -0.25) is 9.59 Å². The Morgan fingerprint density at radius 2 is 1.91 bits per heavy atom. The van der Waals surface area contributed by atoms with E-state index in [2.05, 4.69) is 0 Å². The number of carboxylic acids is 1. The Bertz CT molecular complexity index is 634. The normalized spacial score (nSPS) is 22.1. The molecule has 2 rings (SSSR count). The van der Waals surface area contributed by atoms with Crippen LogP contribution in [-0.4, -0.2) is 28.7 Å². The molecule has 1 aliphatic rings. The van der Waals surface area contributed by atoms with Crippen molar-refractivity contribution in [3.8, 4) is 0 Å². The van der Waals surface area contributed by atoms with Gasteiger partial charge in [0.05, 0.1) is 6.42 Å². The highest BCUT2D eigenvalue weighted by atomic mass is 16.5. The van der Waals surface area contributed by atoms with Crippen molar-refractivity contribution in [1.82, 2.24) is 0 Å². The summed E-state index contributed by atoms with van der Waals surface area (Å²) in [5.41, 5.74) is -0.407. The van der Waals surface area contributed by atoms with Gasteiger partial charge >= 0.3 is 5.97 Å². The first-order valence-corrected chi connectivity index (χ1v) is 7.84. The summed E-state index contributed by atoms with van der Waals surface area (Å²) in [6, 6.07) is 6.84. The maximum atomic E-state index is 12.7. The van der Waals surface area contributed by atoms with Crippen LogP contribution >= 0.6 is 0 Å². The summed E-state index contributed by atoms with van der Waals surface area (Å²) in [5.74, 6) is -1.39. The fourth-order valence-electron chi connectivity index (χ4n) is 2.92. The van der Waals surface area contributed by atoms with Crippen LogP contribution in [0.5, 0.6) is 0 Å². The van der Waals surface area contributed by atoms with Crippen LogP contribution in [0.3, 0.4) is 0 Å². The molecule has 0 spiro atoms. The van der Waals surface area contributed by atoms with Crippen molar-refractivity contribution in [2.24, 2.45) is 5.92 Å². The van der Waals surface area contributed by atoms with Crippen LogP contribution in [0.25, 0.3) is 0 Å². The minimum Gasteiger partial charge on any atom is -0.479 e. The summed E-state index contributed by atoms with van der Waals surface area (Å²) < 4.78 is 5.78. The number of hydrogen-bond donors (Lipinski definition) is 1. The zero-order valence-corrected chi connectivity index (χ0v) is 13.7. The zero-order valence-electron chi connectivity index (χ0n) is 13.7. The fourth-order valence-corrected chi connectivity index (χ4v) is 2.92. The van der Waals surface area contributed by atoms with Crippen molar-refractivity contribution in [1.29, 1.82) is 0 Å². The van der Waals surface area contributed by atoms with Gasteiger partial charge in [0.1, 0.15) is 0 Å². The SMILES string of the molecule is CC(C)CCC1(OC(C)C(=O)O)C(=O)CC(=O)c2ccccc21. The number of fused-ring (bicyclic) bond motifs is 1. The standard InChI is InChI=1S/C18H22O5/c1-11(2)8-9-18(23-12(3)17(21)22)14-7-5-4-6-13(14)15(19)10-16(18)20/h4-7,11-12H,8-10H2,1-3H3,(H,21,22). The first-order valence-electron chi connectivity index (χ1n) is 7.84. The van der Waals surface area contributed by atoms with Crippen LogP contribution in [-0.2, 0) is 19.9 Å². The molecule has 1 N–H and O–H groups in total. The van der Waals surface area contributed by atoms with E-state index in [1.54, 1.807) is 24.3 Å². The van der Waals surface area contributed by atoms with E-state index in [4.69, 9.17) is 4.74 Å². The number of ketones is 2. The first-order chi connectivity index (χ1) is 10.8. The first kappa shape index (κ1) is 17.3. The predicted octanol–water partition coefficient (Wildman–Crippen LogP) is 2.96. The molecule has 124 valence electrons. The van der Waals surface area contributed by atoms with Crippen molar-refractivity contribution >= 4 is 17.5 Å². The van der Waals surface area contributed by atoms with Crippen LogP contribution in [0.4, 0.5) is 0 Å². The third kappa shape index (κ3) is 3.34. The van der Waals surface area contributed by atoms with Gasteiger partial charge in [-0.2, -0.15) is 0 Å². The Kier molecular flexibility index (Phi) is 5.00. The molecule has 23 heavy (non-hydrogen) atoms. The lowest BCUT2D eigenvalue weighted by Crippen LogP contribution is -2.47. The largest absolute Gasteiger partial charge is 0.479 e. The fraction of sp³-hybridized carbons (Fsp3) is 0.500. The molecule has 0 amide bonds. The maximum absolute atomic E-state index is 12.7. The molecule has 0 aliphatic heterocycles. The lowest BCUT2D eigenvalue weighted by molar-refractivity contribution is -0.172. The van der Waals surface area contributed by atoms with Gasteiger partial charge in [-0.15, -0.1) is 0 Å². The Labute approximate surface area is 135 Å². The smallest absolute Gasteiger partial charge is 0.332 e.